The zero-order chi connectivity index (χ0) is 20.7. The normalized spacial score (nSPS) is 18.3. The number of hydrogen-bond donors (Lipinski definition) is 0. The van der Waals surface area contributed by atoms with Crippen molar-refractivity contribution in [1.82, 2.24) is 24.7 Å². The van der Waals surface area contributed by atoms with Gasteiger partial charge in [0.25, 0.3) is 0 Å². The molecular weight excluding hydrogens is 376 g/mol. The molecule has 0 spiro atoms. The SMILES string of the molecule is CC[C@@H]1c2nnc(C)n2-c2cnc(CC(=O)c3ccccc3)nc2N1C1CCCC1. The molecular formula is C23H26N6O. The Morgan fingerprint density at radius 2 is 1.90 bits per heavy atom. The standard InChI is InChI=1S/C23H26N6O/c1-3-18-23-27-26-15(2)28(23)19-14-24-21(13-20(30)16-9-5-4-6-10-16)25-22(19)29(18)17-11-7-8-12-17/h4-6,9-10,14,17-18H,3,7-8,11-13H2,1-2H3/t18-/m1/s1. The maximum Gasteiger partial charge on any atom is 0.170 e. The molecule has 7 nitrogen and oxygen atoms in total. The Morgan fingerprint density at radius 1 is 1.13 bits per heavy atom. The van der Waals surface area contributed by atoms with Crippen LogP contribution in [-0.4, -0.2) is 36.6 Å². The Labute approximate surface area is 176 Å². The largest absolute Gasteiger partial charge is 0.342 e. The highest BCUT2D eigenvalue weighted by Crippen LogP contribution is 2.43. The van der Waals surface area contributed by atoms with Gasteiger partial charge < -0.3 is 4.90 Å². The van der Waals surface area contributed by atoms with Crippen LogP contribution in [-0.2, 0) is 6.42 Å². The number of rotatable bonds is 5. The molecule has 3 aromatic rings. The fraction of sp³-hybridized carbons (Fsp3) is 0.435. The van der Waals surface area contributed by atoms with E-state index in [0.29, 0.717) is 17.4 Å². The van der Waals surface area contributed by atoms with Crippen LogP contribution in [0.4, 0.5) is 5.82 Å². The summed E-state index contributed by atoms with van der Waals surface area (Å²) >= 11 is 0. The Balaban J connectivity index is 1.57. The monoisotopic (exact) mass is 402 g/mol. The molecule has 1 aliphatic carbocycles. The van der Waals surface area contributed by atoms with Crippen molar-refractivity contribution in [3.05, 3.63) is 59.6 Å². The molecule has 30 heavy (non-hydrogen) atoms. The van der Waals surface area contributed by atoms with Crippen LogP contribution >= 0.6 is 0 Å². The van der Waals surface area contributed by atoms with E-state index >= 15 is 0 Å². The highest BCUT2D eigenvalue weighted by molar-refractivity contribution is 5.97. The summed E-state index contributed by atoms with van der Waals surface area (Å²) in [6.07, 6.45) is 7.75. The number of aromatic nitrogens is 5. The molecule has 5 rings (SSSR count). The number of nitrogens with zero attached hydrogens (tertiary/aromatic N) is 6. The first kappa shape index (κ1) is 18.9. The molecule has 0 unspecified atom stereocenters. The lowest BCUT2D eigenvalue weighted by atomic mass is 10.0. The molecule has 1 aliphatic heterocycles. The minimum atomic E-state index is 0.0342. The van der Waals surface area contributed by atoms with E-state index in [1.54, 1.807) is 0 Å². The maximum atomic E-state index is 12.7. The van der Waals surface area contributed by atoms with Gasteiger partial charge in [-0.1, -0.05) is 50.1 Å². The van der Waals surface area contributed by atoms with Crippen molar-refractivity contribution in [3.63, 3.8) is 0 Å². The topological polar surface area (TPSA) is 76.8 Å². The second-order valence-corrected chi connectivity index (χ2v) is 8.17. The van der Waals surface area contributed by atoms with Crippen molar-refractivity contribution in [3.8, 4) is 5.69 Å². The van der Waals surface area contributed by atoms with Crippen LogP contribution in [0.1, 0.15) is 72.9 Å². The van der Waals surface area contributed by atoms with Crippen molar-refractivity contribution in [2.75, 3.05) is 4.90 Å². The second kappa shape index (κ2) is 7.63. The van der Waals surface area contributed by atoms with Crippen molar-refractivity contribution in [2.24, 2.45) is 0 Å². The number of Topliss-reactive ketones (excluding diaryl/α,β-unsaturated/α-hetero) is 1. The van der Waals surface area contributed by atoms with Gasteiger partial charge in [-0.15, -0.1) is 10.2 Å². The van der Waals surface area contributed by atoms with Gasteiger partial charge in [0, 0.05) is 11.6 Å². The van der Waals surface area contributed by atoms with E-state index in [-0.39, 0.29) is 18.2 Å². The third-order valence-electron chi connectivity index (χ3n) is 6.29. The summed E-state index contributed by atoms with van der Waals surface area (Å²) < 4.78 is 2.08. The summed E-state index contributed by atoms with van der Waals surface area (Å²) in [5, 5.41) is 8.84. The van der Waals surface area contributed by atoms with Gasteiger partial charge in [-0.25, -0.2) is 9.97 Å². The number of fused-ring (bicyclic) bond motifs is 3. The van der Waals surface area contributed by atoms with Crippen LogP contribution in [0.2, 0.25) is 0 Å². The lowest BCUT2D eigenvalue weighted by molar-refractivity contribution is 0.0991. The van der Waals surface area contributed by atoms with E-state index in [2.05, 4.69) is 31.6 Å². The molecule has 0 N–H and O–H groups in total. The van der Waals surface area contributed by atoms with Crippen LogP contribution < -0.4 is 4.90 Å². The van der Waals surface area contributed by atoms with Crippen LogP contribution in [0.25, 0.3) is 5.69 Å². The molecule has 1 atom stereocenters. The molecule has 0 radical (unpaired) electrons. The Bertz CT molecular complexity index is 1070. The zero-order valence-corrected chi connectivity index (χ0v) is 17.5. The number of hydrogen-bond acceptors (Lipinski definition) is 6. The Kier molecular flexibility index (Phi) is 4.81. The predicted molar refractivity (Wildman–Crippen MR) is 114 cm³/mol. The Morgan fingerprint density at radius 3 is 2.63 bits per heavy atom. The summed E-state index contributed by atoms with van der Waals surface area (Å²) in [5.41, 5.74) is 1.61. The number of carbonyl (C=O) groups is 1. The first-order valence-electron chi connectivity index (χ1n) is 10.8. The molecule has 0 amide bonds. The van der Waals surface area contributed by atoms with Crippen molar-refractivity contribution in [1.29, 1.82) is 0 Å². The quantitative estimate of drug-likeness (QED) is 0.600. The molecule has 154 valence electrons. The third kappa shape index (κ3) is 3.09. The summed E-state index contributed by atoms with van der Waals surface area (Å²) in [6.45, 7) is 4.15. The second-order valence-electron chi connectivity index (χ2n) is 8.17. The third-order valence-corrected chi connectivity index (χ3v) is 6.29. The maximum absolute atomic E-state index is 12.7. The number of ketones is 1. The molecule has 0 saturated heterocycles. The first-order valence-corrected chi connectivity index (χ1v) is 10.8. The average molecular weight is 403 g/mol. The lowest BCUT2D eigenvalue weighted by Gasteiger charge is -2.41. The van der Waals surface area contributed by atoms with E-state index < -0.39 is 0 Å². The molecule has 2 aromatic heterocycles. The molecule has 7 heteroatoms. The summed E-state index contributed by atoms with van der Waals surface area (Å²) in [6, 6.07) is 9.92. The van der Waals surface area contributed by atoms with Crippen LogP contribution in [0, 0.1) is 6.92 Å². The number of benzene rings is 1. The van der Waals surface area contributed by atoms with Gasteiger partial charge in [-0.3, -0.25) is 9.36 Å². The predicted octanol–water partition coefficient (Wildman–Crippen LogP) is 4.00. The molecule has 1 fully saturated rings. The van der Waals surface area contributed by atoms with Gasteiger partial charge in [0.05, 0.1) is 18.7 Å². The van der Waals surface area contributed by atoms with Crippen molar-refractivity contribution >= 4 is 11.6 Å². The van der Waals surface area contributed by atoms with Crippen molar-refractivity contribution in [2.45, 2.75) is 64.5 Å². The molecule has 0 bridgehead atoms. The zero-order valence-electron chi connectivity index (χ0n) is 17.5. The number of anilines is 1. The summed E-state index contributed by atoms with van der Waals surface area (Å²) in [7, 11) is 0. The van der Waals surface area contributed by atoms with Gasteiger partial charge in [-0.05, 0) is 26.2 Å². The summed E-state index contributed by atoms with van der Waals surface area (Å²) in [4.78, 5) is 24.7. The Hall–Kier alpha value is -3.09. The minimum Gasteiger partial charge on any atom is -0.342 e. The van der Waals surface area contributed by atoms with Crippen LogP contribution in [0.5, 0.6) is 0 Å². The molecule has 3 heterocycles. The number of aryl methyl sites for hydroxylation is 1. The van der Waals surface area contributed by atoms with E-state index in [1.807, 2.05) is 43.5 Å². The van der Waals surface area contributed by atoms with Gasteiger partial charge in [-0.2, -0.15) is 0 Å². The highest BCUT2D eigenvalue weighted by Gasteiger charge is 2.39. The van der Waals surface area contributed by atoms with E-state index in [0.717, 1.165) is 42.4 Å². The highest BCUT2D eigenvalue weighted by atomic mass is 16.1. The van der Waals surface area contributed by atoms with Gasteiger partial charge in [0.1, 0.15) is 17.3 Å². The fourth-order valence-electron chi connectivity index (χ4n) is 4.86. The van der Waals surface area contributed by atoms with E-state index in [1.165, 1.54) is 12.8 Å². The van der Waals surface area contributed by atoms with E-state index in [4.69, 9.17) is 4.98 Å². The fourth-order valence-corrected chi connectivity index (χ4v) is 4.86. The molecule has 1 aromatic carbocycles. The van der Waals surface area contributed by atoms with Crippen LogP contribution in [0.15, 0.2) is 36.5 Å². The van der Waals surface area contributed by atoms with Crippen molar-refractivity contribution < 1.29 is 4.79 Å². The van der Waals surface area contributed by atoms with E-state index in [9.17, 15) is 4.79 Å². The summed E-state index contributed by atoms with van der Waals surface area (Å²) in [5.74, 6) is 3.32. The molecule has 1 saturated carbocycles. The molecule has 2 aliphatic rings. The number of carbonyl (C=O) groups excluding carboxylic acids is 1. The average Bonchev–Trinajstić information content (AvgIpc) is 3.43. The minimum absolute atomic E-state index is 0.0342. The van der Waals surface area contributed by atoms with Gasteiger partial charge in [0.15, 0.2) is 17.4 Å². The van der Waals surface area contributed by atoms with Gasteiger partial charge >= 0.3 is 0 Å². The van der Waals surface area contributed by atoms with Gasteiger partial charge in [0.2, 0.25) is 0 Å². The first-order chi connectivity index (χ1) is 14.7. The lowest BCUT2D eigenvalue weighted by Crippen LogP contribution is -2.42. The smallest absolute Gasteiger partial charge is 0.170 e. The van der Waals surface area contributed by atoms with Crippen LogP contribution in [0.3, 0.4) is 0 Å².